The van der Waals surface area contributed by atoms with Gasteiger partial charge < -0.3 is 4.74 Å². The number of hydrogen-bond acceptors (Lipinski definition) is 3. The van der Waals surface area contributed by atoms with Crippen LogP contribution in [0.25, 0.3) is 0 Å². The van der Waals surface area contributed by atoms with Crippen molar-refractivity contribution in [3.63, 3.8) is 0 Å². The molecule has 0 aromatic heterocycles. The fourth-order valence-electron chi connectivity index (χ4n) is 0.940. The summed E-state index contributed by atoms with van der Waals surface area (Å²) in [6.07, 6.45) is 1.37. The van der Waals surface area contributed by atoms with Gasteiger partial charge in [0.1, 0.15) is 9.84 Å². The topological polar surface area (TPSA) is 43.4 Å². The SMILES string of the molecule is COCCCS(=O)(=O)CCC(C)C. The Balaban J connectivity index is 3.68. The van der Waals surface area contributed by atoms with Gasteiger partial charge >= 0.3 is 0 Å². The second-order valence-electron chi connectivity index (χ2n) is 3.68. The van der Waals surface area contributed by atoms with Gasteiger partial charge in [-0.2, -0.15) is 0 Å². The molecule has 0 heterocycles. The van der Waals surface area contributed by atoms with Crippen LogP contribution in [0.5, 0.6) is 0 Å². The molecule has 0 aliphatic carbocycles. The summed E-state index contributed by atoms with van der Waals surface area (Å²) in [6, 6.07) is 0. The van der Waals surface area contributed by atoms with Crippen LogP contribution in [0.3, 0.4) is 0 Å². The molecule has 80 valence electrons. The predicted octanol–water partition coefficient (Wildman–Crippen LogP) is 1.48. The van der Waals surface area contributed by atoms with Crippen molar-refractivity contribution < 1.29 is 13.2 Å². The summed E-state index contributed by atoms with van der Waals surface area (Å²) in [7, 11) is -1.24. The monoisotopic (exact) mass is 208 g/mol. The van der Waals surface area contributed by atoms with Gasteiger partial charge in [0.2, 0.25) is 0 Å². The molecule has 0 aromatic carbocycles. The van der Waals surface area contributed by atoms with E-state index in [1.54, 1.807) is 7.11 Å². The molecule has 0 aromatic rings. The quantitative estimate of drug-likeness (QED) is 0.595. The molecule has 0 saturated heterocycles. The third-order valence-corrected chi connectivity index (χ3v) is 3.58. The molecular formula is C9H20O3S. The van der Waals surface area contributed by atoms with E-state index in [0.717, 1.165) is 6.42 Å². The Kier molecular flexibility index (Phi) is 6.33. The van der Waals surface area contributed by atoms with Crippen LogP contribution in [0, 0.1) is 5.92 Å². The van der Waals surface area contributed by atoms with Crippen molar-refractivity contribution in [2.24, 2.45) is 5.92 Å². The van der Waals surface area contributed by atoms with E-state index < -0.39 is 9.84 Å². The smallest absolute Gasteiger partial charge is 0.150 e. The van der Waals surface area contributed by atoms with Crippen LogP contribution in [0.15, 0.2) is 0 Å². The van der Waals surface area contributed by atoms with Crippen molar-refractivity contribution in [1.29, 1.82) is 0 Å². The molecule has 0 rings (SSSR count). The van der Waals surface area contributed by atoms with E-state index in [-0.39, 0.29) is 5.75 Å². The van der Waals surface area contributed by atoms with Crippen molar-refractivity contribution >= 4 is 9.84 Å². The minimum absolute atomic E-state index is 0.258. The lowest BCUT2D eigenvalue weighted by Gasteiger charge is -2.05. The highest BCUT2D eigenvalue weighted by atomic mass is 32.2. The highest BCUT2D eigenvalue weighted by molar-refractivity contribution is 7.91. The molecule has 0 radical (unpaired) electrons. The minimum atomic E-state index is -2.83. The zero-order valence-electron chi connectivity index (χ0n) is 8.75. The Bertz CT molecular complexity index is 207. The van der Waals surface area contributed by atoms with Crippen LogP contribution in [-0.4, -0.2) is 33.6 Å². The largest absolute Gasteiger partial charge is 0.385 e. The average Bonchev–Trinajstić information content (AvgIpc) is 2.02. The third-order valence-electron chi connectivity index (χ3n) is 1.81. The first kappa shape index (κ1) is 12.9. The number of rotatable bonds is 7. The van der Waals surface area contributed by atoms with Crippen molar-refractivity contribution in [3.8, 4) is 0 Å². The number of methoxy groups -OCH3 is 1. The second-order valence-corrected chi connectivity index (χ2v) is 5.98. The minimum Gasteiger partial charge on any atom is -0.385 e. The van der Waals surface area contributed by atoms with Gasteiger partial charge in [-0.3, -0.25) is 0 Å². The summed E-state index contributed by atoms with van der Waals surface area (Å²) in [5, 5.41) is 0. The van der Waals surface area contributed by atoms with E-state index in [1.807, 2.05) is 13.8 Å². The highest BCUT2D eigenvalue weighted by Crippen LogP contribution is 2.04. The molecule has 0 amide bonds. The molecule has 0 aliphatic rings. The highest BCUT2D eigenvalue weighted by Gasteiger charge is 2.10. The molecule has 0 N–H and O–H groups in total. The molecule has 0 atom stereocenters. The molecule has 0 saturated carbocycles. The summed E-state index contributed by atoms with van der Waals surface area (Å²) >= 11 is 0. The maximum Gasteiger partial charge on any atom is 0.150 e. The van der Waals surface area contributed by atoms with Gasteiger partial charge in [-0.1, -0.05) is 13.8 Å². The van der Waals surface area contributed by atoms with Gasteiger partial charge in [0.15, 0.2) is 0 Å². The van der Waals surface area contributed by atoms with E-state index in [9.17, 15) is 8.42 Å². The van der Waals surface area contributed by atoms with Crippen LogP contribution in [0.4, 0.5) is 0 Å². The van der Waals surface area contributed by atoms with Gasteiger partial charge in [0.05, 0.1) is 11.5 Å². The van der Waals surface area contributed by atoms with Gasteiger partial charge in [0, 0.05) is 13.7 Å². The first-order chi connectivity index (χ1) is 5.98. The van der Waals surface area contributed by atoms with Crippen LogP contribution in [0.2, 0.25) is 0 Å². The van der Waals surface area contributed by atoms with Crippen molar-refractivity contribution in [2.45, 2.75) is 26.7 Å². The Labute approximate surface area is 81.4 Å². The van der Waals surface area contributed by atoms with Crippen molar-refractivity contribution in [3.05, 3.63) is 0 Å². The molecule has 13 heavy (non-hydrogen) atoms. The van der Waals surface area contributed by atoms with Crippen molar-refractivity contribution in [2.75, 3.05) is 25.2 Å². The van der Waals surface area contributed by atoms with E-state index >= 15 is 0 Å². The summed E-state index contributed by atoms with van der Waals surface area (Å²) in [5.74, 6) is 1.03. The maximum absolute atomic E-state index is 11.4. The van der Waals surface area contributed by atoms with Gasteiger partial charge in [-0.25, -0.2) is 8.42 Å². The lowest BCUT2D eigenvalue weighted by atomic mass is 10.2. The van der Waals surface area contributed by atoms with Gasteiger partial charge in [-0.05, 0) is 18.8 Å². The maximum atomic E-state index is 11.4. The summed E-state index contributed by atoms with van der Waals surface area (Å²) < 4.78 is 27.5. The Morgan fingerprint density at radius 2 is 1.85 bits per heavy atom. The predicted molar refractivity (Wildman–Crippen MR) is 54.6 cm³/mol. The fourth-order valence-corrected chi connectivity index (χ4v) is 2.53. The zero-order valence-corrected chi connectivity index (χ0v) is 9.56. The van der Waals surface area contributed by atoms with E-state index in [1.165, 1.54) is 0 Å². The first-order valence-corrected chi connectivity index (χ1v) is 6.49. The van der Waals surface area contributed by atoms with E-state index in [0.29, 0.717) is 24.7 Å². The first-order valence-electron chi connectivity index (χ1n) is 4.67. The molecule has 3 nitrogen and oxygen atoms in total. The zero-order chi connectivity index (χ0) is 10.3. The summed E-state index contributed by atoms with van der Waals surface area (Å²) in [5.41, 5.74) is 0. The van der Waals surface area contributed by atoms with Gasteiger partial charge in [-0.15, -0.1) is 0 Å². The molecule has 0 fully saturated rings. The number of hydrogen-bond donors (Lipinski definition) is 0. The third kappa shape index (κ3) is 8.25. The van der Waals surface area contributed by atoms with E-state index in [4.69, 9.17) is 4.74 Å². The second kappa shape index (κ2) is 6.38. The summed E-state index contributed by atoms with van der Waals surface area (Å²) in [6.45, 7) is 4.59. The van der Waals surface area contributed by atoms with Crippen LogP contribution in [0.1, 0.15) is 26.7 Å². The number of sulfone groups is 1. The Morgan fingerprint density at radius 1 is 1.23 bits per heavy atom. The van der Waals surface area contributed by atoms with Gasteiger partial charge in [0.25, 0.3) is 0 Å². The average molecular weight is 208 g/mol. The molecule has 0 aliphatic heterocycles. The Hall–Kier alpha value is -0.0900. The van der Waals surface area contributed by atoms with Crippen LogP contribution >= 0.6 is 0 Å². The molecular weight excluding hydrogens is 188 g/mol. The normalized spacial score (nSPS) is 12.3. The van der Waals surface area contributed by atoms with Crippen LogP contribution < -0.4 is 0 Å². The number of ether oxygens (including phenoxy) is 1. The molecule has 0 unspecified atom stereocenters. The van der Waals surface area contributed by atoms with Crippen LogP contribution in [-0.2, 0) is 14.6 Å². The van der Waals surface area contributed by atoms with Crippen molar-refractivity contribution in [1.82, 2.24) is 0 Å². The standard InChI is InChI=1S/C9H20O3S/c1-9(2)5-8-13(10,11)7-4-6-12-3/h9H,4-8H2,1-3H3. The van der Waals surface area contributed by atoms with E-state index in [2.05, 4.69) is 0 Å². The molecule has 0 bridgehead atoms. The molecule has 4 heteroatoms. The lowest BCUT2D eigenvalue weighted by molar-refractivity contribution is 0.199. The summed E-state index contributed by atoms with van der Waals surface area (Å²) in [4.78, 5) is 0. The Morgan fingerprint density at radius 3 is 2.31 bits per heavy atom. The lowest BCUT2D eigenvalue weighted by Crippen LogP contribution is -2.14. The molecule has 0 spiro atoms. The fraction of sp³-hybridized carbons (Fsp3) is 1.00.